The van der Waals surface area contributed by atoms with Gasteiger partial charge in [-0.15, -0.1) is 6.58 Å². The molecule has 34 heavy (non-hydrogen) atoms. The van der Waals surface area contributed by atoms with E-state index in [4.69, 9.17) is 0 Å². The Balaban J connectivity index is 1.41. The first-order valence-corrected chi connectivity index (χ1v) is 11.9. The monoisotopic (exact) mass is 464 g/mol. The normalized spacial score (nSPS) is 17.9. The van der Waals surface area contributed by atoms with Crippen LogP contribution in [-0.2, 0) is 6.42 Å². The molecule has 0 nitrogen and oxygen atoms in total. The van der Waals surface area contributed by atoms with Crippen molar-refractivity contribution in [2.75, 3.05) is 0 Å². The van der Waals surface area contributed by atoms with Gasteiger partial charge in [0.15, 0.2) is 11.6 Å². The fraction of sp³-hybridized carbons (Fsp3) is 0.333. The maximum absolute atomic E-state index is 14.7. The molecule has 0 spiro atoms. The summed E-state index contributed by atoms with van der Waals surface area (Å²) in [5, 5.41) is 0.994. The minimum atomic E-state index is -0.953. The Morgan fingerprint density at radius 2 is 1.35 bits per heavy atom. The number of allylic oxidation sites excluding steroid dienone is 1. The van der Waals surface area contributed by atoms with Gasteiger partial charge in [0.2, 0.25) is 0 Å². The van der Waals surface area contributed by atoms with E-state index in [1.165, 1.54) is 44.2 Å². The van der Waals surface area contributed by atoms with Crippen molar-refractivity contribution in [1.29, 1.82) is 0 Å². The lowest BCUT2D eigenvalue weighted by Gasteiger charge is -2.28. The fourth-order valence-corrected chi connectivity index (χ4v) is 4.88. The topological polar surface area (TPSA) is 0 Å². The van der Waals surface area contributed by atoms with Crippen molar-refractivity contribution in [2.45, 2.75) is 51.4 Å². The van der Waals surface area contributed by atoms with Gasteiger partial charge in [0.05, 0.1) is 5.56 Å². The minimum Gasteiger partial charge on any atom is -0.206 e. The molecule has 0 aliphatic heterocycles. The number of aryl methyl sites for hydroxylation is 1. The molecule has 0 amide bonds. The molecule has 0 atom stereocenters. The molecule has 3 aromatic rings. The van der Waals surface area contributed by atoms with Crippen LogP contribution in [0, 0.1) is 46.9 Å². The van der Waals surface area contributed by atoms with E-state index in [1.54, 1.807) is 18.2 Å². The van der Waals surface area contributed by atoms with Gasteiger partial charge in [-0.05, 0) is 90.3 Å². The number of halogens is 4. The van der Waals surface area contributed by atoms with Crippen molar-refractivity contribution in [3.05, 3.63) is 95.1 Å². The van der Waals surface area contributed by atoms with Gasteiger partial charge in [-0.25, -0.2) is 17.6 Å². The van der Waals surface area contributed by atoms with Gasteiger partial charge in [-0.1, -0.05) is 49.7 Å². The van der Waals surface area contributed by atoms with Crippen LogP contribution in [0.15, 0.2) is 55.1 Å². The highest BCUT2D eigenvalue weighted by atomic mass is 19.2. The lowest BCUT2D eigenvalue weighted by atomic mass is 9.78. The van der Waals surface area contributed by atoms with Crippen LogP contribution in [0.4, 0.5) is 17.6 Å². The zero-order chi connectivity index (χ0) is 24.1. The average Bonchev–Trinajstić information content (AvgIpc) is 2.82. The van der Waals surface area contributed by atoms with Crippen molar-refractivity contribution < 1.29 is 17.6 Å². The SMILES string of the molecule is C=CCCC1CCC(CCc2cc(F)c(C#Cc3ccc4cc(F)c(F)cc4c3)c(F)c2)CC1. The van der Waals surface area contributed by atoms with Crippen molar-refractivity contribution in [2.24, 2.45) is 11.8 Å². The Labute approximate surface area is 198 Å². The van der Waals surface area contributed by atoms with Crippen LogP contribution < -0.4 is 0 Å². The van der Waals surface area contributed by atoms with Gasteiger partial charge < -0.3 is 0 Å². The summed E-state index contributed by atoms with van der Waals surface area (Å²) in [5.41, 5.74) is 0.833. The Kier molecular flexibility index (Phi) is 7.73. The van der Waals surface area contributed by atoms with E-state index in [2.05, 4.69) is 18.4 Å². The molecular weight excluding hydrogens is 436 g/mol. The highest BCUT2D eigenvalue weighted by molar-refractivity contribution is 5.84. The van der Waals surface area contributed by atoms with E-state index in [-0.39, 0.29) is 5.56 Å². The fourth-order valence-electron chi connectivity index (χ4n) is 4.88. The van der Waals surface area contributed by atoms with Crippen LogP contribution in [0.5, 0.6) is 0 Å². The second kappa shape index (κ2) is 10.9. The summed E-state index contributed by atoms with van der Waals surface area (Å²) in [6.45, 7) is 3.79. The highest BCUT2D eigenvalue weighted by Crippen LogP contribution is 2.34. The molecule has 0 bridgehead atoms. The molecule has 4 rings (SSSR count). The van der Waals surface area contributed by atoms with Crippen LogP contribution in [0.1, 0.15) is 61.6 Å². The van der Waals surface area contributed by atoms with Crippen molar-refractivity contribution in [3.8, 4) is 11.8 Å². The van der Waals surface area contributed by atoms with Crippen molar-refractivity contribution >= 4 is 10.8 Å². The number of fused-ring (bicyclic) bond motifs is 1. The molecule has 4 heteroatoms. The highest BCUT2D eigenvalue weighted by Gasteiger charge is 2.21. The van der Waals surface area contributed by atoms with E-state index in [1.807, 2.05) is 6.08 Å². The second-order valence-electron chi connectivity index (χ2n) is 9.30. The van der Waals surface area contributed by atoms with Gasteiger partial charge in [0.25, 0.3) is 0 Å². The summed E-state index contributed by atoms with van der Waals surface area (Å²) < 4.78 is 56.2. The summed E-state index contributed by atoms with van der Waals surface area (Å²) in [6, 6.07) is 9.73. The number of hydrogen-bond donors (Lipinski definition) is 0. The molecule has 0 unspecified atom stereocenters. The number of benzene rings is 3. The zero-order valence-electron chi connectivity index (χ0n) is 19.1. The van der Waals surface area contributed by atoms with E-state index in [0.29, 0.717) is 34.2 Å². The largest absolute Gasteiger partial charge is 0.206 e. The van der Waals surface area contributed by atoms with Crippen LogP contribution in [0.25, 0.3) is 10.8 Å². The number of hydrogen-bond acceptors (Lipinski definition) is 0. The van der Waals surface area contributed by atoms with Gasteiger partial charge in [0.1, 0.15) is 11.6 Å². The molecule has 0 heterocycles. The summed E-state index contributed by atoms with van der Waals surface area (Å²) >= 11 is 0. The Morgan fingerprint density at radius 1 is 0.735 bits per heavy atom. The first kappa shape index (κ1) is 24.1. The van der Waals surface area contributed by atoms with Gasteiger partial charge in [0, 0.05) is 5.56 Å². The minimum absolute atomic E-state index is 0.281. The molecule has 1 aliphatic carbocycles. The third kappa shape index (κ3) is 5.89. The summed E-state index contributed by atoms with van der Waals surface area (Å²) in [4.78, 5) is 0. The maximum atomic E-state index is 14.7. The Morgan fingerprint density at radius 3 is 2.00 bits per heavy atom. The molecule has 0 radical (unpaired) electrons. The standard InChI is InChI=1S/C30H28F4/c1-2-3-4-20-5-7-21(8-6-20)9-10-23-16-27(31)26(28(32)17-23)14-12-22-11-13-24-18-29(33)30(34)19-25(24)15-22/h2,11,13,15-21H,1,3-10H2. The quantitative estimate of drug-likeness (QED) is 0.195. The molecule has 0 saturated heterocycles. The molecule has 0 aromatic heterocycles. The van der Waals surface area contributed by atoms with Crippen LogP contribution in [-0.4, -0.2) is 0 Å². The predicted octanol–water partition coefficient (Wildman–Crippen LogP) is 8.50. The molecular formula is C30H28F4. The van der Waals surface area contributed by atoms with Crippen molar-refractivity contribution in [3.63, 3.8) is 0 Å². The average molecular weight is 465 g/mol. The smallest absolute Gasteiger partial charge is 0.159 e. The Hall–Kier alpha value is -3.06. The third-order valence-electron chi connectivity index (χ3n) is 6.90. The molecule has 1 saturated carbocycles. The predicted molar refractivity (Wildman–Crippen MR) is 129 cm³/mol. The third-order valence-corrected chi connectivity index (χ3v) is 6.90. The summed E-state index contributed by atoms with van der Waals surface area (Å²) in [6.07, 6.45) is 10.7. The second-order valence-corrected chi connectivity index (χ2v) is 9.30. The lowest BCUT2D eigenvalue weighted by Crippen LogP contribution is -2.15. The van der Waals surface area contributed by atoms with Gasteiger partial charge in [-0.3, -0.25) is 0 Å². The van der Waals surface area contributed by atoms with Crippen LogP contribution >= 0.6 is 0 Å². The maximum Gasteiger partial charge on any atom is 0.159 e. The summed E-state index contributed by atoms with van der Waals surface area (Å²) in [7, 11) is 0. The zero-order valence-corrected chi connectivity index (χ0v) is 19.1. The Bertz CT molecular complexity index is 1220. The van der Waals surface area contributed by atoms with E-state index in [0.717, 1.165) is 30.9 Å². The van der Waals surface area contributed by atoms with E-state index in [9.17, 15) is 17.6 Å². The molecule has 3 aromatic carbocycles. The summed E-state index contributed by atoms with van der Waals surface area (Å²) in [5.74, 6) is 3.47. The first-order valence-electron chi connectivity index (χ1n) is 11.9. The van der Waals surface area contributed by atoms with Gasteiger partial charge in [-0.2, -0.15) is 0 Å². The molecule has 176 valence electrons. The molecule has 1 fully saturated rings. The lowest BCUT2D eigenvalue weighted by molar-refractivity contribution is 0.254. The number of rotatable bonds is 6. The van der Waals surface area contributed by atoms with Crippen LogP contribution in [0.2, 0.25) is 0 Å². The van der Waals surface area contributed by atoms with Crippen molar-refractivity contribution in [1.82, 2.24) is 0 Å². The first-order chi connectivity index (χ1) is 16.4. The van der Waals surface area contributed by atoms with E-state index < -0.39 is 23.3 Å². The molecule has 0 N–H and O–H groups in total. The van der Waals surface area contributed by atoms with Crippen LogP contribution in [0.3, 0.4) is 0 Å². The van der Waals surface area contributed by atoms with Gasteiger partial charge >= 0.3 is 0 Å². The molecule has 1 aliphatic rings. The van der Waals surface area contributed by atoms with E-state index >= 15 is 0 Å².